The summed E-state index contributed by atoms with van der Waals surface area (Å²) in [6.45, 7) is 2.66. The number of amides is 1. The minimum absolute atomic E-state index is 0.00326. The Hall–Kier alpha value is -2.98. The van der Waals surface area contributed by atoms with Crippen molar-refractivity contribution >= 4 is 17.8 Å². The zero-order valence-electron chi connectivity index (χ0n) is 19.8. The first-order valence-corrected chi connectivity index (χ1v) is 10.7. The van der Waals surface area contributed by atoms with E-state index in [4.69, 9.17) is 29.3 Å². The Balaban J connectivity index is 0.000000404. The van der Waals surface area contributed by atoms with Gasteiger partial charge in [-0.1, -0.05) is 6.07 Å². The molecular weight excluding hydrogens is 520 g/mol. The molecule has 0 spiro atoms. The number of pyridine rings is 1. The van der Waals surface area contributed by atoms with Crippen molar-refractivity contribution in [1.82, 2.24) is 14.8 Å². The monoisotopic (exact) mass is 547 g/mol. The summed E-state index contributed by atoms with van der Waals surface area (Å²) >= 11 is 0. The van der Waals surface area contributed by atoms with Crippen LogP contribution in [0.15, 0.2) is 24.5 Å². The number of halogens is 6. The van der Waals surface area contributed by atoms with Crippen molar-refractivity contribution in [3.63, 3.8) is 0 Å². The number of carboxylic acid groups (broad SMARTS) is 2. The van der Waals surface area contributed by atoms with E-state index in [1.807, 2.05) is 12.3 Å². The molecule has 0 bridgehead atoms. The Morgan fingerprint density at radius 1 is 1.11 bits per heavy atom. The van der Waals surface area contributed by atoms with E-state index in [0.717, 1.165) is 25.9 Å². The van der Waals surface area contributed by atoms with Crippen LogP contribution in [0.4, 0.5) is 26.3 Å². The zero-order chi connectivity index (χ0) is 28.4. The summed E-state index contributed by atoms with van der Waals surface area (Å²) in [6.07, 6.45) is -4.38. The van der Waals surface area contributed by atoms with Gasteiger partial charge in [0.25, 0.3) is 0 Å². The van der Waals surface area contributed by atoms with Gasteiger partial charge in [0.1, 0.15) is 6.61 Å². The molecule has 2 fully saturated rings. The molecule has 1 aromatic rings. The first-order chi connectivity index (χ1) is 17.0. The van der Waals surface area contributed by atoms with Gasteiger partial charge in [-0.05, 0) is 24.5 Å². The smallest absolute Gasteiger partial charge is 0.475 e. The van der Waals surface area contributed by atoms with Crippen molar-refractivity contribution in [2.45, 2.75) is 50.0 Å². The number of morpholine rings is 1. The lowest BCUT2D eigenvalue weighted by atomic mass is 10.1. The molecule has 0 unspecified atom stereocenters. The van der Waals surface area contributed by atoms with E-state index in [1.54, 1.807) is 25.2 Å². The molecule has 0 aromatic carbocycles. The fourth-order valence-electron chi connectivity index (χ4n) is 3.40. The van der Waals surface area contributed by atoms with Gasteiger partial charge in [0.2, 0.25) is 5.91 Å². The summed E-state index contributed by atoms with van der Waals surface area (Å²) in [7, 11) is 3.49. The van der Waals surface area contributed by atoms with E-state index in [2.05, 4.69) is 16.0 Å². The maximum atomic E-state index is 11.7. The van der Waals surface area contributed by atoms with Crippen LogP contribution in [0.3, 0.4) is 0 Å². The van der Waals surface area contributed by atoms with Gasteiger partial charge in [0, 0.05) is 45.6 Å². The molecule has 16 heteroatoms. The molecule has 1 saturated carbocycles. The summed E-state index contributed by atoms with van der Waals surface area (Å²) in [4.78, 5) is 37.7. The number of hydrogen-bond donors (Lipinski definition) is 2. The van der Waals surface area contributed by atoms with Crippen molar-refractivity contribution < 1.29 is 60.4 Å². The predicted molar refractivity (Wildman–Crippen MR) is 113 cm³/mol. The number of alkyl halides is 6. The minimum Gasteiger partial charge on any atom is -0.475 e. The average molecular weight is 547 g/mol. The van der Waals surface area contributed by atoms with E-state index in [-0.39, 0.29) is 24.7 Å². The summed E-state index contributed by atoms with van der Waals surface area (Å²) in [5.74, 6) is -5.52. The third kappa shape index (κ3) is 11.3. The number of carbonyl (C=O) groups is 3. The van der Waals surface area contributed by atoms with Gasteiger partial charge in [0.05, 0.1) is 18.8 Å². The van der Waals surface area contributed by atoms with Crippen molar-refractivity contribution in [3.05, 3.63) is 30.1 Å². The van der Waals surface area contributed by atoms with Crippen molar-refractivity contribution in [2.24, 2.45) is 0 Å². The number of carboxylic acids is 2. The number of hydrogen-bond acceptors (Lipinski definition) is 7. The highest BCUT2D eigenvalue weighted by Crippen LogP contribution is 2.33. The number of ether oxygens (including phenoxy) is 2. The molecule has 3 atom stereocenters. The van der Waals surface area contributed by atoms with E-state index in [1.165, 1.54) is 5.56 Å². The van der Waals surface area contributed by atoms with E-state index < -0.39 is 24.3 Å². The number of fused-ring (bicyclic) bond motifs is 1. The second kappa shape index (κ2) is 14.1. The maximum absolute atomic E-state index is 11.7. The van der Waals surface area contributed by atoms with Gasteiger partial charge in [-0.15, -0.1) is 0 Å². The third-order valence-corrected chi connectivity index (χ3v) is 5.16. The van der Waals surface area contributed by atoms with Gasteiger partial charge in [-0.2, -0.15) is 26.3 Å². The minimum atomic E-state index is -5.08. The first-order valence-electron chi connectivity index (χ1n) is 10.7. The molecule has 2 N–H and O–H groups in total. The number of carbonyl (C=O) groups excluding carboxylic acids is 1. The summed E-state index contributed by atoms with van der Waals surface area (Å²) in [5, 5.41) is 14.2. The molecule has 1 aliphatic heterocycles. The van der Waals surface area contributed by atoms with Crippen molar-refractivity contribution in [3.8, 4) is 0 Å². The lowest BCUT2D eigenvalue weighted by Crippen LogP contribution is -2.51. The van der Waals surface area contributed by atoms with E-state index >= 15 is 0 Å². The molecule has 1 saturated heterocycles. The zero-order valence-corrected chi connectivity index (χ0v) is 19.8. The first kappa shape index (κ1) is 32.0. The van der Waals surface area contributed by atoms with Crippen LogP contribution < -0.4 is 0 Å². The Labute approximate surface area is 207 Å². The fourth-order valence-corrected chi connectivity index (χ4v) is 3.40. The Kier molecular flexibility index (Phi) is 12.2. The number of nitrogens with zero attached hydrogens (tertiary/aromatic N) is 3. The number of likely N-dealkylation sites (N-methyl/N-ethyl adjacent to an activating group) is 1. The number of aromatic nitrogens is 1. The van der Waals surface area contributed by atoms with Crippen LogP contribution in [0.5, 0.6) is 0 Å². The Bertz CT molecular complexity index is 860. The molecule has 1 aromatic heterocycles. The Morgan fingerprint density at radius 2 is 1.68 bits per heavy atom. The summed E-state index contributed by atoms with van der Waals surface area (Å²) in [6, 6.07) is 4.44. The molecule has 1 amide bonds. The molecule has 10 nitrogen and oxygen atoms in total. The van der Waals surface area contributed by atoms with Crippen LogP contribution in [-0.4, -0.2) is 107 Å². The van der Waals surface area contributed by atoms with Crippen molar-refractivity contribution in [2.75, 3.05) is 33.9 Å². The van der Waals surface area contributed by atoms with Gasteiger partial charge in [-0.3, -0.25) is 14.7 Å². The third-order valence-electron chi connectivity index (χ3n) is 5.16. The second-order valence-electron chi connectivity index (χ2n) is 8.06. The van der Waals surface area contributed by atoms with Crippen LogP contribution in [0.1, 0.15) is 18.4 Å². The highest BCUT2D eigenvalue weighted by atomic mass is 19.4. The molecule has 210 valence electrons. The molecule has 2 heterocycles. The standard InChI is InChI=1S/C17H25N3O3.2C2HF3O2/c1-19(2)16(21)12-23-15-6-5-14-17(15)22-9-8-20(14)11-13-4-3-7-18-10-13;2*3-2(4,5)1(6)7/h3-4,7,10,14-15,17H,5-6,8-9,11-12H2,1-2H3;2*(H,6,7)/t14-,15+,17+;;/m0../s1. The van der Waals surface area contributed by atoms with Crippen LogP contribution in [0.2, 0.25) is 0 Å². The second-order valence-corrected chi connectivity index (χ2v) is 8.06. The SMILES string of the molecule is CN(C)C(=O)CO[C@@H]1CC[C@H]2[C@H]1OCCN2Cc1cccnc1.O=C(O)C(F)(F)F.O=C(O)C(F)(F)F. The maximum Gasteiger partial charge on any atom is 0.490 e. The highest BCUT2D eigenvalue weighted by molar-refractivity contribution is 5.76. The van der Waals surface area contributed by atoms with Gasteiger partial charge in [0.15, 0.2) is 0 Å². The highest BCUT2D eigenvalue weighted by Gasteiger charge is 2.43. The van der Waals surface area contributed by atoms with E-state index in [9.17, 15) is 31.1 Å². The fraction of sp³-hybridized carbons (Fsp3) is 0.619. The lowest BCUT2D eigenvalue weighted by Gasteiger charge is -2.39. The van der Waals surface area contributed by atoms with Gasteiger partial charge >= 0.3 is 24.3 Å². The molecule has 0 radical (unpaired) electrons. The number of aliphatic carboxylic acids is 2. The van der Waals surface area contributed by atoms with Crippen molar-refractivity contribution in [1.29, 1.82) is 0 Å². The van der Waals surface area contributed by atoms with Gasteiger partial charge < -0.3 is 24.6 Å². The molecule has 3 rings (SSSR count). The van der Waals surface area contributed by atoms with Crippen LogP contribution >= 0.6 is 0 Å². The quantitative estimate of drug-likeness (QED) is 0.533. The summed E-state index contributed by atoms with van der Waals surface area (Å²) < 4.78 is 75.3. The topological polar surface area (TPSA) is 130 Å². The average Bonchev–Trinajstić information content (AvgIpc) is 3.22. The Morgan fingerprint density at radius 3 is 2.14 bits per heavy atom. The largest absolute Gasteiger partial charge is 0.490 e. The van der Waals surface area contributed by atoms with Crippen LogP contribution in [0, 0.1) is 0 Å². The normalized spacial score (nSPS) is 21.5. The van der Waals surface area contributed by atoms with Crippen LogP contribution in [0.25, 0.3) is 0 Å². The van der Waals surface area contributed by atoms with Crippen LogP contribution in [-0.2, 0) is 30.4 Å². The predicted octanol–water partition coefficient (Wildman–Crippen LogP) is 2.18. The van der Waals surface area contributed by atoms with Gasteiger partial charge in [-0.25, -0.2) is 9.59 Å². The summed E-state index contributed by atoms with van der Waals surface area (Å²) in [5.41, 5.74) is 1.22. The molecular formula is C21H27F6N3O7. The molecule has 1 aliphatic carbocycles. The lowest BCUT2D eigenvalue weighted by molar-refractivity contribution is -0.193. The number of rotatable bonds is 5. The van der Waals surface area contributed by atoms with E-state index in [0.29, 0.717) is 12.6 Å². The molecule has 2 aliphatic rings. The molecule has 37 heavy (non-hydrogen) atoms.